The van der Waals surface area contributed by atoms with Gasteiger partial charge < -0.3 is 20.5 Å². The van der Waals surface area contributed by atoms with Gasteiger partial charge in [-0.3, -0.25) is 9.78 Å². The average molecular weight is 333 g/mol. The third-order valence-electron chi connectivity index (χ3n) is 3.39. The van der Waals surface area contributed by atoms with Crippen molar-refractivity contribution in [1.82, 2.24) is 15.6 Å². The molecule has 0 spiro atoms. The van der Waals surface area contributed by atoms with Crippen molar-refractivity contribution < 1.29 is 32.6 Å². The summed E-state index contributed by atoms with van der Waals surface area (Å²) in [6.45, 7) is 1.23. The maximum atomic E-state index is 13.3. The molecule has 126 valence electrons. The van der Waals surface area contributed by atoms with Gasteiger partial charge in [-0.15, -0.1) is 0 Å². The minimum absolute atomic E-state index is 0.128. The Bertz CT molecular complexity index is 596. The van der Waals surface area contributed by atoms with Crippen molar-refractivity contribution in [3.05, 3.63) is 30.1 Å². The van der Waals surface area contributed by atoms with Crippen LogP contribution in [-0.2, 0) is 9.53 Å². The zero-order valence-corrected chi connectivity index (χ0v) is 11.9. The highest BCUT2D eigenvalue weighted by Gasteiger charge is 2.67. The molecule has 0 bridgehead atoms. The van der Waals surface area contributed by atoms with Crippen LogP contribution in [0.3, 0.4) is 0 Å². The molecular formula is C13H14F3N3O4. The number of nitrogens with zero attached hydrogens (tertiary/aromatic N) is 1. The Morgan fingerprint density at radius 1 is 1.52 bits per heavy atom. The predicted octanol–water partition coefficient (Wildman–Crippen LogP) is 0.866. The van der Waals surface area contributed by atoms with Gasteiger partial charge in [0.2, 0.25) is 0 Å². The summed E-state index contributed by atoms with van der Waals surface area (Å²) in [5, 5.41) is 13.6. The minimum atomic E-state index is -5.29. The first-order valence-corrected chi connectivity index (χ1v) is 6.65. The lowest BCUT2D eigenvalue weighted by atomic mass is 9.82. The highest BCUT2D eigenvalue weighted by atomic mass is 19.4. The van der Waals surface area contributed by atoms with Crippen molar-refractivity contribution in [3.63, 3.8) is 0 Å². The number of alkyl halides is 3. The van der Waals surface area contributed by atoms with Gasteiger partial charge in [-0.1, -0.05) is 6.07 Å². The molecule has 0 aliphatic carbocycles. The maximum absolute atomic E-state index is 13.3. The van der Waals surface area contributed by atoms with Gasteiger partial charge in [-0.25, -0.2) is 4.79 Å². The van der Waals surface area contributed by atoms with E-state index in [2.05, 4.69) is 15.0 Å². The number of aromatic nitrogens is 1. The number of esters is 1. The van der Waals surface area contributed by atoms with Crippen molar-refractivity contribution >= 4 is 12.0 Å². The number of rotatable bonds is 3. The van der Waals surface area contributed by atoms with Crippen LogP contribution < -0.4 is 10.6 Å². The monoisotopic (exact) mass is 333 g/mol. The van der Waals surface area contributed by atoms with Gasteiger partial charge in [0.05, 0.1) is 12.6 Å². The van der Waals surface area contributed by atoms with E-state index >= 15 is 0 Å². The van der Waals surface area contributed by atoms with Gasteiger partial charge in [-0.2, -0.15) is 13.2 Å². The molecule has 1 saturated heterocycles. The second-order valence-corrected chi connectivity index (χ2v) is 4.86. The molecule has 23 heavy (non-hydrogen) atoms. The molecule has 0 aromatic carbocycles. The van der Waals surface area contributed by atoms with Crippen LogP contribution in [0.2, 0.25) is 0 Å². The second kappa shape index (κ2) is 6.03. The van der Waals surface area contributed by atoms with Crippen molar-refractivity contribution in [2.75, 3.05) is 6.61 Å². The van der Waals surface area contributed by atoms with Crippen LogP contribution >= 0.6 is 0 Å². The summed E-state index contributed by atoms with van der Waals surface area (Å²) in [5.41, 5.74) is -3.63. The third kappa shape index (κ3) is 3.07. The number of ether oxygens (including phenoxy) is 1. The molecule has 2 amide bonds. The van der Waals surface area contributed by atoms with Crippen LogP contribution in [0, 0.1) is 5.92 Å². The molecular weight excluding hydrogens is 319 g/mol. The van der Waals surface area contributed by atoms with Gasteiger partial charge >= 0.3 is 18.2 Å². The van der Waals surface area contributed by atoms with Gasteiger partial charge in [0.15, 0.2) is 0 Å². The fraction of sp³-hybridized carbons (Fsp3) is 0.462. The first-order chi connectivity index (χ1) is 10.7. The van der Waals surface area contributed by atoms with Crippen molar-refractivity contribution in [2.45, 2.75) is 24.9 Å². The van der Waals surface area contributed by atoms with E-state index in [4.69, 9.17) is 0 Å². The van der Waals surface area contributed by atoms with Crippen molar-refractivity contribution in [2.24, 2.45) is 5.92 Å². The number of carbonyl (C=O) groups excluding carboxylic acids is 2. The first kappa shape index (κ1) is 17.0. The van der Waals surface area contributed by atoms with Crippen molar-refractivity contribution in [1.29, 1.82) is 0 Å². The number of carbonyl (C=O) groups is 2. The molecule has 2 heterocycles. The van der Waals surface area contributed by atoms with E-state index in [0.717, 1.165) is 0 Å². The molecule has 1 aromatic rings. The zero-order chi connectivity index (χ0) is 17.3. The van der Waals surface area contributed by atoms with E-state index in [9.17, 15) is 27.9 Å². The summed E-state index contributed by atoms with van der Waals surface area (Å²) in [5.74, 6) is -3.43. The minimum Gasteiger partial charge on any atom is -0.466 e. The number of amides is 2. The summed E-state index contributed by atoms with van der Waals surface area (Å²) in [7, 11) is 0. The number of hydrogen-bond donors (Lipinski definition) is 3. The lowest BCUT2D eigenvalue weighted by molar-refractivity contribution is -0.294. The number of hydrogen-bond acceptors (Lipinski definition) is 5. The van der Waals surface area contributed by atoms with Gasteiger partial charge in [0.1, 0.15) is 5.92 Å². The summed E-state index contributed by atoms with van der Waals surface area (Å²) in [4.78, 5) is 27.4. The quantitative estimate of drug-likeness (QED) is 0.713. The number of halogens is 3. The Labute approximate surface area is 128 Å². The zero-order valence-electron chi connectivity index (χ0n) is 11.9. The normalized spacial score (nSPS) is 27.8. The second-order valence-electron chi connectivity index (χ2n) is 4.86. The third-order valence-corrected chi connectivity index (χ3v) is 3.39. The van der Waals surface area contributed by atoms with E-state index in [1.165, 1.54) is 36.8 Å². The molecule has 1 aromatic heterocycles. The molecule has 3 N–H and O–H groups in total. The SMILES string of the molecule is CCOC(=O)[C@@H]1[C@H](c2cccnc2)NC(=O)N[C@@]1(O)C(F)(F)F. The fourth-order valence-electron chi connectivity index (χ4n) is 2.37. The smallest absolute Gasteiger partial charge is 0.437 e. The van der Waals surface area contributed by atoms with Gasteiger partial charge in [-0.05, 0) is 18.6 Å². The molecule has 1 fully saturated rings. The van der Waals surface area contributed by atoms with Gasteiger partial charge in [0.25, 0.3) is 5.72 Å². The molecule has 1 aliphatic heterocycles. The van der Waals surface area contributed by atoms with E-state index < -0.39 is 35.9 Å². The van der Waals surface area contributed by atoms with E-state index in [1.54, 1.807) is 0 Å². The average Bonchev–Trinajstić information content (AvgIpc) is 2.46. The molecule has 0 unspecified atom stereocenters. The molecule has 0 radical (unpaired) electrons. The van der Waals surface area contributed by atoms with Crippen LogP contribution in [0.5, 0.6) is 0 Å². The Hall–Kier alpha value is -2.36. The van der Waals surface area contributed by atoms with Crippen LogP contribution in [0.1, 0.15) is 18.5 Å². The molecule has 10 heteroatoms. The fourth-order valence-corrected chi connectivity index (χ4v) is 2.37. The highest BCUT2D eigenvalue weighted by Crippen LogP contribution is 2.42. The standard InChI is InChI=1S/C13H14F3N3O4/c1-2-23-10(20)8-9(7-4-3-5-17-6-7)18-11(21)19-12(8,22)13(14,15)16/h3-6,8-9,22H,2H2,1H3,(H2,18,19,21)/t8-,9-,12-/m0/s1. The Balaban J connectivity index is 2.54. The Morgan fingerprint density at radius 2 is 2.22 bits per heavy atom. The van der Waals surface area contributed by atoms with Crippen LogP contribution in [-0.4, -0.2) is 40.6 Å². The van der Waals surface area contributed by atoms with Crippen molar-refractivity contribution in [3.8, 4) is 0 Å². The van der Waals surface area contributed by atoms with E-state index in [0.29, 0.717) is 0 Å². The van der Waals surface area contributed by atoms with Crippen LogP contribution in [0.4, 0.5) is 18.0 Å². The predicted molar refractivity (Wildman–Crippen MR) is 69.8 cm³/mol. The largest absolute Gasteiger partial charge is 0.466 e. The Morgan fingerprint density at radius 3 is 2.74 bits per heavy atom. The highest BCUT2D eigenvalue weighted by molar-refractivity contribution is 5.83. The molecule has 2 rings (SSSR count). The molecule has 1 aliphatic rings. The number of nitrogens with one attached hydrogen (secondary N) is 2. The first-order valence-electron chi connectivity index (χ1n) is 6.65. The maximum Gasteiger partial charge on any atom is 0.437 e. The molecule has 7 nitrogen and oxygen atoms in total. The number of urea groups is 1. The van der Waals surface area contributed by atoms with E-state index in [-0.39, 0.29) is 12.2 Å². The Kier molecular flexibility index (Phi) is 4.46. The van der Waals surface area contributed by atoms with Gasteiger partial charge in [0, 0.05) is 12.4 Å². The summed E-state index contributed by atoms with van der Waals surface area (Å²) < 4.78 is 44.6. The summed E-state index contributed by atoms with van der Waals surface area (Å²) in [6, 6.07) is 0.0901. The number of pyridine rings is 1. The lowest BCUT2D eigenvalue weighted by Crippen LogP contribution is -2.73. The lowest BCUT2D eigenvalue weighted by Gasteiger charge is -2.44. The molecule has 0 saturated carbocycles. The van der Waals surface area contributed by atoms with E-state index in [1.807, 2.05) is 0 Å². The summed E-state index contributed by atoms with van der Waals surface area (Å²) >= 11 is 0. The van der Waals surface area contributed by atoms with Crippen LogP contribution in [0.25, 0.3) is 0 Å². The van der Waals surface area contributed by atoms with Crippen LogP contribution in [0.15, 0.2) is 24.5 Å². The topological polar surface area (TPSA) is 101 Å². The summed E-state index contributed by atoms with van der Waals surface area (Å²) in [6.07, 6.45) is -2.72. The molecule has 3 atom stereocenters. The number of aliphatic hydroxyl groups is 1.